The average molecular weight is 272 g/mol. The Balaban J connectivity index is 1.67. The number of nitrogens with two attached hydrogens (primary N) is 1. The van der Waals surface area contributed by atoms with Crippen molar-refractivity contribution in [1.82, 2.24) is 0 Å². The number of benzene rings is 1. The quantitative estimate of drug-likeness (QED) is 0.881. The van der Waals surface area contributed by atoms with E-state index in [1.807, 2.05) is 0 Å². The molecule has 0 bridgehead atoms. The minimum atomic E-state index is 0.648. The summed E-state index contributed by atoms with van der Waals surface area (Å²) in [6.07, 6.45) is 10.1. The predicted molar refractivity (Wildman–Crippen MR) is 86.0 cm³/mol. The summed E-state index contributed by atoms with van der Waals surface area (Å²) < 4.78 is 0. The third kappa shape index (κ3) is 2.71. The number of piperidine rings is 1. The molecular weight excluding hydrogens is 244 g/mol. The van der Waals surface area contributed by atoms with Crippen molar-refractivity contribution >= 4 is 5.69 Å². The fraction of sp³-hybridized carbons (Fsp3) is 0.667. The van der Waals surface area contributed by atoms with Crippen LogP contribution in [0.25, 0.3) is 0 Å². The summed E-state index contributed by atoms with van der Waals surface area (Å²) in [5.41, 5.74) is 10.5. The van der Waals surface area contributed by atoms with E-state index in [-0.39, 0.29) is 0 Å². The van der Waals surface area contributed by atoms with Gasteiger partial charge in [-0.05, 0) is 61.3 Å². The minimum absolute atomic E-state index is 0.648. The van der Waals surface area contributed by atoms with E-state index >= 15 is 0 Å². The van der Waals surface area contributed by atoms with Crippen molar-refractivity contribution in [2.45, 2.75) is 58.4 Å². The summed E-state index contributed by atoms with van der Waals surface area (Å²) in [4.78, 5) is 2.58. The first-order chi connectivity index (χ1) is 9.72. The van der Waals surface area contributed by atoms with Gasteiger partial charge in [-0.15, -0.1) is 0 Å². The molecular formula is C18H28N2. The maximum absolute atomic E-state index is 5.76. The van der Waals surface area contributed by atoms with Gasteiger partial charge in [0, 0.05) is 25.3 Å². The third-order valence-corrected chi connectivity index (χ3v) is 5.65. The first kappa shape index (κ1) is 13.9. The van der Waals surface area contributed by atoms with Crippen molar-refractivity contribution in [3.05, 3.63) is 29.3 Å². The summed E-state index contributed by atoms with van der Waals surface area (Å²) in [5, 5.41) is 0. The van der Waals surface area contributed by atoms with E-state index in [4.69, 9.17) is 5.73 Å². The zero-order valence-corrected chi connectivity index (χ0v) is 12.8. The third-order valence-electron chi connectivity index (χ3n) is 5.65. The highest BCUT2D eigenvalue weighted by molar-refractivity contribution is 5.51. The normalized spacial score (nSPS) is 22.2. The first-order valence-corrected chi connectivity index (χ1v) is 8.27. The molecule has 0 aromatic heterocycles. The van der Waals surface area contributed by atoms with Gasteiger partial charge in [0.25, 0.3) is 0 Å². The molecule has 1 heterocycles. The lowest BCUT2D eigenvalue weighted by molar-refractivity contribution is 0.144. The number of nitrogens with zero attached hydrogens (tertiary/aromatic N) is 1. The summed E-state index contributed by atoms with van der Waals surface area (Å²) in [6.45, 7) is 5.30. The standard InChI is InChI=1S/C18H28N2/c1-15-13-17(6-5-16(15)14-19)20-11-9-18(10-12-20)7-3-2-4-8-18/h5-6,13H,2-4,7-12,14,19H2,1H3. The van der Waals surface area contributed by atoms with Gasteiger partial charge >= 0.3 is 0 Å². The molecule has 2 aliphatic rings. The highest BCUT2D eigenvalue weighted by Crippen LogP contribution is 2.45. The highest BCUT2D eigenvalue weighted by atomic mass is 15.1. The molecule has 0 radical (unpaired) electrons. The fourth-order valence-corrected chi connectivity index (χ4v) is 4.15. The molecule has 2 N–H and O–H groups in total. The van der Waals surface area contributed by atoms with Crippen LogP contribution in [0.1, 0.15) is 56.1 Å². The molecule has 0 atom stereocenters. The van der Waals surface area contributed by atoms with E-state index in [9.17, 15) is 0 Å². The van der Waals surface area contributed by atoms with Crippen molar-refractivity contribution in [3.63, 3.8) is 0 Å². The van der Waals surface area contributed by atoms with Crippen LogP contribution >= 0.6 is 0 Å². The van der Waals surface area contributed by atoms with Crippen LogP contribution in [0.15, 0.2) is 18.2 Å². The van der Waals surface area contributed by atoms with E-state index < -0.39 is 0 Å². The average Bonchev–Trinajstić information content (AvgIpc) is 2.49. The molecule has 110 valence electrons. The van der Waals surface area contributed by atoms with E-state index in [0.717, 1.165) is 0 Å². The van der Waals surface area contributed by atoms with E-state index in [1.54, 1.807) is 0 Å². The van der Waals surface area contributed by atoms with Gasteiger partial charge in [-0.3, -0.25) is 0 Å². The topological polar surface area (TPSA) is 29.3 Å². The number of hydrogen-bond acceptors (Lipinski definition) is 2. The van der Waals surface area contributed by atoms with Crippen LogP contribution in [-0.2, 0) is 6.54 Å². The minimum Gasteiger partial charge on any atom is -0.371 e. The summed E-state index contributed by atoms with van der Waals surface area (Å²) >= 11 is 0. The Morgan fingerprint density at radius 1 is 1.05 bits per heavy atom. The molecule has 1 spiro atoms. The maximum Gasteiger partial charge on any atom is 0.0369 e. The fourth-order valence-electron chi connectivity index (χ4n) is 4.15. The Bertz CT molecular complexity index is 450. The molecule has 1 saturated carbocycles. The smallest absolute Gasteiger partial charge is 0.0369 e. The van der Waals surface area contributed by atoms with Crippen LogP contribution in [0.2, 0.25) is 0 Å². The Labute approximate surface area is 123 Å². The zero-order valence-electron chi connectivity index (χ0n) is 12.8. The molecule has 2 nitrogen and oxygen atoms in total. The highest BCUT2D eigenvalue weighted by Gasteiger charge is 2.35. The lowest BCUT2D eigenvalue weighted by Gasteiger charge is -2.45. The van der Waals surface area contributed by atoms with Gasteiger partial charge < -0.3 is 10.6 Å². The zero-order chi connectivity index (χ0) is 14.0. The van der Waals surface area contributed by atoms with Crippen LogP contribution in [-0.4, -0.2) is 13.1 Å². The predicted octanol–water partition coefficient (Wildman–Crippen LogP) is 4.00. The van der Waals surface area contributed by atoms with Crippen molar-refractivity contribution in [2.75, 3.05) is 18.0 Å². The number of hydrogen-bond donors (Lipinski definition) is 1. The van der Waals surface area contributed by atoms with Crippen LogP contribution in [0.5, 0.6) is 0 Å². The van der Waals surface area contributed by atoms with E-state index in [1.165, 1.54) is 74.8 Å². The molecule has 3 rings (SSSR count). The van der Waals surface area contributed by atoms with Crippen LogP contribution in [0.4, 0.5) is 5.69 Å². The molecule has 2 fully saturated rings. The summed E-state index contributed by atoms with van der Waals surface area (Å²) in [5.74, 6) is 0. The van der Waals surface area contributed by atoms with Crippen molar-refractivity contribution in [3.8, 4) is 0 Å². The summed E-state index contributed by atoms with van der Waals surface area (Å²) in [7, 11) is 0. The Morgan fingerprint density at radius 3 is 2.35 bits per heavy atom. The van der Waals surface area contributed by atoms with Gasteiger partial charge in [-0.1, -0.05) is 25.3 Å². The van der Waals surface area contributed by atoms with Crippen LogP contribution < -0.4 is 10.6 Å². The molecule has 0 amide bonds. The van der Waals surface area contributed by atoms with E-state index in [2.05, 4.69) is 30.0 Å². The summed E-state index contributed by atoms with van der Waals surface area (Å²) in [6, 6.07) is 6.78. The lowest BCUT2D eigenvalue weighted by atomic mass is 9.68. The number of aryl methyl sites for hydroxylation is 1. The van der Waals surface area contributed by atoms with Crippen LogP contribution in [0.3, 0.4) is 0 Å². The van der Waals surface area contributed by atoms with Gasteiger partial charge in [0.05, 0.1) is 0 Å². The second-order valence-corrected chi connectivity index (χ2v) is 6.86. The molecule has 1 aliphatic heterocycles. The van der Waals surface area contributed by atoms with Crippen molar-refractivity contribution < 1.29 is 0 Å². The van der Waals surface area contributed by atoms with Crippen molar-refractivity contribution in [2.24, 2.45) is 11.1 Å². The van der Waals surface area contributed by atoms with Crippen LogP contribution in [0, 0.1) is 12.3 Å². The van der Waals surface area contributed by atoms with E-state index in [0.29, 0.717) is 12.0 Å². The second kappa shape index (κ2) is 5.77. The molecule has 1 aliphatic carbocycles. The first-order valence-electron chi connectivity index (χ1n) is 8.27. The molecule has 1 saturated heterocycles. The second-order valence-electron chi connectivity index (χ2n) is 6.86. The van der Waals surface area contributed by atoms with Gasteiger partial charge in [-0.2, -0.15) is 0 Å². The molecule has 20 heavy (non-hydrogen) atoms. The van der Waals surface area contributed by atoms with Crippen molar-refractivity contribution in [1.29, 1.82) is 0 Å². The van der Waals surface area contributed by atoms with Gasteiger partial charge in [0.2, 0.25) is 0 Å². The monoisotopic (exact) mass is 272 g/mol. The lowest BCUT2D eigenvalue weighted by Crippen LogP contribution is -2.41. The van der Waals surface area contributed by atoms with Gasteiger partial charge in [0.1, 0.15) is 0 Å². The molecule has 0 unspecified atom stereocenters. The van der Waals surface area contributed by atoms with Gasteiger partial charge in [-0.25, -0.2) is 0 Å². The maximum atomic E-state index is 5.76. The Kier molecular flexibility index (Phi) is 4.02. The number of rotatable bonds is 2. The number of anilines is 1. The Morgan fingerprint density at radius 2 is 1.75 bits per heavy atom. The Hall–Kier alpha value is -1.02. The largest absolute Gasteiger partial charge is 0.371 e. The molecule has 1 aromatic rings. The van der Waals surface area contributed by atoms with Gasteiger partial charge in [0.15, 0.2) is 0 Å². The molecule has 1 aromatic carbocycles. The SMILES string of the molecule is Cc1cc(N2CCC3(CCCCC3)CC2)ccc1CN. The molecule has 2 heteroatoms.